The molecular weight excluding hydrogens is 264 g/mol. The smallest absolute Gasteiger partial charge is 0.236 e. The number of fused-ring (bicyclic) bond motifs is 1. The fraction of sp³-hybridized carbons (Fsp3) is 0.588. The van der Waals surface area contributed by atoms with E-state index in [2.05, 4.69) is 29.2 Å². The third-order valence-corrected chi connectivity index (χ3v) is 4.76. The molecule has 1 saturated carbocycles. The van der Waals surface area contributed by atoms with Gasteiger partial charge in [-0.25, -0.2) is 0 Å². The van der Waals surface area contributed by atoms with Crippen LogP contribution in [-0.4, -0.2) is 53.6 Å². The average molecular weight is 288 g/mol. The fourth-order valence-corrected chi connectivity index (χ4v) is 3.34. The van der Waals surface area contributed by atoms with Gasteiger partial charge in [-0.3, -0.25) is 9.69 Å². The maximum atomic E-state index is 12.4. The SMILES string of the molecule is CN(C(=O)CN(CCO)C1CCc2ccccc21)C1CC1. The summed E-state index contributed by atoms with van der Waals surface area (Å²) in [5, 5.41) is 9.35. The Balaban J connectivity index is 1.71. The van der Waals surface area contributed by atoms with Gasteiger partial charge < -0.3 is 10.0 Å². The zero-order valence-electron chi connectivity index (χ0n) is 12.7. The minimum absolute atomic E-state index is 0.0963. The quantitative estimate of drug-likeness (QED) is 0.864. The summed E-state index contributed by atoms with van der Waals surface area (Å²) >= 11 is 0. The van der Waals surface area contributed by atoms with Crippen LogP contribution in [0.15, 0.2) is 24.3 Å². The summed E-state index contributed by atoms with van der Waals surface area (Å²) in [6.45, 7) is 1.06. The van der Waals surface area contributed by atoms with E-state index in [0.29, 0.717) is 19.1 Å². The molecule has 0 bridgehead atoms. The summed E-state index contributed by atoms with van der Waals surface area (Å²) < 4.78 is 0. The predicted molar refractivity (Wildman–Crippen MR) is 82.0 cm³/mol. The molecule has 0 saturated heterocycles. The van der Waals surface area contributed by atoms with Crippen molar-refractivity contribution in [1.82, 2.24) is 9.80 Å². The maximum absolute atomic E-state index is 12.4. The van der Waals surface area contributed by atoms with Gasteiger partial charge >= 0.3 is 0 Å². The Morgan fingerprint density at radius 2 is 2.05 bits per heavy atom. The fourth-order valence-electron chi connectivity index (χ4n) is 3.34. The molecule has 114 valence electrons. The molecule has 21 heavy (non-hydrogen) atoms. The van der Waals surface area contributed by atoms with Crippen LogP contribution in [0.1, 0.15) is 36.4 Å². The van der Waals surface area contributed by atoms with Gasteiger partial charge in [0.15, 0.2) is 0 Å². The summed E-state index contributed by atoms with van der Waals surface area (Å²) in [6, 6.07) is 9.18. The molecule has 0 aliphatic heterocycles. The van der Waals surface area contributed by atoms with E-state index in [4.69, 9.17) is 0 Å². The predicted octanol–water partition coefficient (Wildman–Crippen LogP) is 1.59. The van der Waals surface area contributed by atoms with Gasteiger partial charge in [-0.05, 0) is 36.8 Å². The number of hydrogen-bond donors (Lipinski definition) is 1. The molecule has 0 aromatic heterocycles. The summed E-state index contributed by atoms with van der Waals surface area (Å²) in [7, 11) is 1.90. The topological polar surface area (TPSA) is 43.8 Å². The number of likely N-dealkylation sites (N-methyl/N-ethyl adjacent to an activating group) is 1. The first-order valence-electron chi connectivity index (χ1n) is 7.89. The highest BCUT2D eigenvalue weighted by molar-refractivity contribution is 5.78. The summed E-state index contributed by atoms with van der Waals surface area (Å²) in [4.78, 5) is 16.4. The van der Waals surface area contributed by atoms with Gasteiger partial charge in [0, 0.05) is 25.7 Å². The number of benzene rings is 1. The van der Waals surface area contributed by atoms with Gasteiger partial charge in [-0.1, -0.05) is 24.3 Å². The minimum atomic E-state index is 0.0963. The van der Waals surface area contributed by atoms with Crippen LogP contribution in [0.5, 0.6) is 0 Å². The Hall–Kier alpha value is -1.39. The second-order valence-electron chi connectivity index (χ2n) is 6.18. The number of nitrogens with zero attached hydrogens (tertiary/aromatic N) is 2. The minimum Gasteiger partial charge on any atom is -0.395 e. The highest BCUT2D eigenvalue weighted by Gasteiger charge is 2.33. The molecule has 2 aliphatic carbocycles. The van der Waals surface area contributed by atoms with Crippen LogP contribution in [0.4, 0.5) is 0 Å². The highest BCUT2D eigenvalue weighted by Crippen LogP contribution is 2.35. The van der Waals surface area contributed by atoms with Crippen molar-refractivity contribution in [3.05, 3.63) is 35.4 Å². The Morgan fingerprint density at radius 1 is 1.29 bits per heavy atom. The van der Waals surface area contributed by atoms with Crippen molar-refractivity contribution in [1.29, 1.82) is 0 Å². The van der Waals surface area contributed by atoms with Gasteiger partial charge in [0.2, 0.25) is 5.91 Å². The molecule has 1 atom stereocenters. The number of aliphatic hydroxyl groups excluding tert-OH is 1. The monoisotopic (exact) mass is 288 g/mol. The molecule has 1 unspecified atom stereocenters. The first-order valence-corrected chi connectivity index (χ1v) is 7.89. The maximum Gasteiger partial charge on any atom is 0.236 e. The first-order chi connectivity index (χ1) is 10.2. The molecule has 3 rings (SSSR count). The molecule has 1 aromatic carbocycles. The number of hydrogen-bond acceptors (Lipinski definition) is 3. The van der Waals surface area contributed by atoms with Crippen LogP contribution in [0.25, 0.3) is 0 Å². The van der Waals surface area contributed by atoms with Crippen LogP contribution in [0, 0.1) is 0 Å². The molecular formula is C17H24N2O2. The molecule has 0 radical (unpaired) electrons. The van der Waals surface area contributed by atoms with Crippen LogP contribution < -0.4 is 0 Å². The van der Waals surface area contributed by atoms with E-state index >= 15 is 0 Å². The van der Waals surface area contributed by atoms with E-state index in [-0.39, 0.29) is 18.6 Å². The van der Waals surface area contributed by atoms with Gasteiger partial charge in [-0.15, -0.1) is 0 Å². The van der Waals surface area contributed by atoms with Crippen LogP contribution in [0.3, 0.4) is 0 Å². The Labute approximate surface area is 126 Å². The summed E-state index contributed by atoms with van der Waals surface area (Å²) in [5.41, 5.74) is 2.71. The lowest BCUT2D eigenvalue weighted by Crippen LogP contribution is -2.41. The van der Waals surface area contributed by atoms with E-state index in [9.17, 15) is 9.90 Å². The number of rotatable bonds is 6. The Morgan fingerprint density at radius 3 is 2.76 bits per heavy atom. The zero-order valence-corrected chi connectivity index (χ0v) is 12.7. The highest BCUT2D eigenvalue weighted by atomic mass is 16.3. The van der Waals surface area contributed by atoms with Gasteiger partial charge in [0.25, 0.3) is 0 Å². The lowest BCUT2D eigenvalue weighted by Gasteiger charge is -2.30. The van der Waals surface area contributed by atoms with E-state index in [1.54, 1.807) is 0 Å². The lowest BCUT2D eigenvalue weighted by molar-refractivity contribution is -0.132. The molecule has 1 N–H and O–H groups in total. The van der Waals surface area contributed by atoms with E-state index < -0.39 is 0 Å². The molecule has 1 fully saturated rings. The van der Waals surface area contributed by atoms with E-state index in [1.807, 2.05) is 11.9 Å². The third kappa shape index (κ3) is 3.11. The van der Waals surface area contributed by atoms with Crippen molar-refractivity contribution in [2.24, 2.45) is 0 Å². The molecule has 4 heteroatoms. The summed E-state index contributed by atoms with van der Waals surface area (Å²) in [5.74, 6) is 0.176. The Kier molecular flexibility index (Phi) is 4.27. The Bertz CT molecular complexity index is 513. The third-order valence-electron chi connectivity index (χ3n) is 4.76. The zero-order chi connectivity index (χ0) is 14.8. The van der Waals surface area contributed by atoms with Crippen molar-refractivity contribution in [3.8, 4) is 0 Å². The van der Waals surface area contributed by atoms with Gasteiger partial charge in [-0.2, -0.15) is 0 Å². The second-order valence-corrected chi connectivity index (χ2v) is 6.18. The van der Waals surface area contributed by atoms with Gasteiger partial charge in [0.05, 0.1) is 13.2 Å². The van der Waals surface area contributed by atoms with E-state index in [0.717, 1.165) is 25.7 Å². The van der Waals surface area contributed by atoms with Crippen molar-refractivity contribution in [2.45, 2.75) is 37.8 Å². The van der Waals surface area contributed by atoms with Crippen LogP contribution in [0.2, 0.25) is 0 Å². The molecule has 1 amide bonds. The normalized spacial score (nSPS) is 20.6. The molecule has 1 aromatic rings. The van der Waals surface area contributed by atoms with Crippen molar-refractivity contribution < 1.29 is 9.90 Å². The first kappa shape index (κ1) is 14.5. The number of carbonyl (C=O) groups is 1. The second kappa shape index (κ2) is 6.16. The van der Waals surface area contributed by atoms with E-state index in [1.165, 1.54) is 11.1 Å². The number of aliphatic hydroxyl groups is 1. The lowest BCUT2D eigenvalue weighted by atomic mass is 10.1. The van der Waals surface area contributed by atoms with Crippen molar-refractivity contribution in [3.63, 3.8) is 0 Å². The largest absolute Gasteiger partial charge is 0.395 e. The van der Waals surface area contributed by atoms with Crippen molar-refractivity contribution in [2.75, 3.05) is 26.7 Å². The summed E-state index contributed by atoms with van der Waals surface area (Å²) in [6.07, 6.45) is 4.37. The van der Waals surface area contributed by atoms with Crippen LogP contribution in [-0.2, 0) is 11.2 Å². The number of carbonyl (C=O) groups excluding carboxylic acids is 1. The van der Waals surface area contributed by atoms with Crippen LogP contribution >= 0.6 is 0 Å². The molecule has 0 spiro atoms. The average Bonchev–Trinajstić information content (AvgIpc) is 3.25. The standard InChI is InChI=1S/C17H24N2O2/c1-18(14-7-8-14)17(21)12-19(10-11-20)16-9-6-13-4-2-3-5-15(13)16/h2-5,14,16,20H,6-12H2,1H3. The molecule has 2 aliphatic rings. The number of amides is 1. The molecule has 4 nitrogen and oxygen atoms in total. The number of aryl methyl sites for hydroxylation is 1. The molecule has 0 heterocycles. The van der Waals surface area contributed by atoms with Crippen molar-refractivity contribution >= 4 is 5.91 Å². The van der Waals surface area contributed by atoms with Gasteiger partial charge in [0.1, 0.15) is 0 Å².